The molecule has 1 saturated heterocycles. The Balaban J connectivity index is 1.96. The number of carboxylic acid groups (broad SMARTS) is 1. The molecule has 2 heterocycles. The Bertz CT molecular complexity index is 804. The third kappa shape index (κ3) is 2.74. The number of sulfonamides is 1. The molecule has 0 aliphatic carbocycles. The summed E-state index contributed by atoms with van der Waals surface area (Å²) in [6, 6.07) is 6.60. The number of rotatable bonds is 4. The summed E-state index contributed by atoms with van der Waals surface area (Å²) in [6.07, 6.45) is 4.53. The lowest BCUT2D eigenvalue weighted by Crippen LogP contribution is -2.35. The van der Waals surface area contributed by atoms with E-state index in [0.29, 0.717) is 13.1 Å². The predicted octanol–water partition coefficient (Wildman–Crippen LogP) is 1.90. The Morgan fingerprint density at radius 2 is 1.86 bits per heavy atom. The molecule has 1 aromatic carbocycles. The molecule has 0 atom stereocenters. The highest BCUT2D eigenvalue weighted by atomic mass is 32.2. The van der Waals surface area contributed by atoms with Crippen molar-refractivity contribution >= 4 is 26.9 Å². The number of nitrogens with zero attached hydrogens (tertiary/aromatic N) is 2. The van der Waals surface area contributed by atoms with E-state index < -0.39 is 16.0 Å². The molecule has 2 aromatic rings. The van der Waals surface area contributed by atoms with Crippen molar-refractivity contribution in [3.05, 3.63) is 30.5 Å². The average molecular weight is 322 g/mol. The van der Waals surface area contributed by atoms with Gasteiger partial charge in [0.1, 0.15) is 6.54 Å². The molecular weight excluding hydrogens is 304 g/mol. The Kier molecular flexibility index (Phi) is 3.92. The number of piperidine rings is 1. The van der Waals surface area contributed by atoms with Crippen molar-refractivity contribution in [3.8, 4) is 0 Å². The van der Waals surface area contributed by atoms with Gasteiger partial charge >= 0.3 is 5.97 Å². The Labute approximate surface area is 129 Å². The molecule has 1 fully saturated rings. The predicted molar refractivity (Wildman–Crippen MR) is 82.2 cm³/mol. The van der Waals surface area contributed by atoms with Crippen molar-refractivity contribution in [2.75, 3.05) is 13.1 Å². The molecule has 6 nitrogen and oxygen atoms in total. The van der Waals surface area contributed by atoms with Crippen LogP contribution in [0.4, 0.5) is 0 Å². The Morgan fingerprint density at radius 1 is 1.14 bits per heavy atom. The first-order chi connectivity index (χ1) is 10.5. The molecule has 1 aliphatic rings. The zero-order valence-corrected chi connectivity index (χ0v) is 12.9. The van der Waals surface area contributed by atoms with Gasteiger partial charge < -0.3 is 9.67 Å². The van der Waals surface area contributed by atoms with Crippen molar-refractivity contribution in [2.45, 2.75) is 30.7 Å². The number of hydrogen-bond donors (Lipinski definition) is 1. The van der Waals surface area contributed by atoms with Crippen molar-refractivity contribution in [2.24, 2.45) is 0 Å². The number of carbonyl (C=O) groups is 1. The summed E-state index contributed by atoms with van der Waals surface area (Å²) in [4.78, 5) is 11.1. The minimum absolute atomic E-state index is 0.137. The molecule has 0 radical (unpaired) electrons. The van der Waals surface area contributed by atoms with Crippen LogP contribution in [0.25, 0.3) is 10.9 Å². The van der Waals surface area contributed by atoms with Gasteiger partial charge in [-0.25, -0.2) is 8.42 Å². The van der Waals surface area contributed by atoms with E-state index in [2.05, 4.69) is 0 Å². The van der Waals surface area contributed by atoms with Crippen molar-refractivity contribution < 1.29 is 18.3 Å². The van der Waals surface area contributed by atoms with Gasteiger partial charge in [0.2, 0.25) is 10.0 Å². The molecule has 1 aromatic heterocycles. The van der Waals surface area contributed by atoms with Gasteiger partial charge in [0.15, 0.2) is 0 Å². The smallest absolute Gasteiger partial charge is 0.323 e. The van der Waals surface area contributed by atoms with Crippen LogP contribution in [0.1, 0.15) is 19.3 Å². The second kappa shape index (κ2) is 5.73. The zero-order valence-electron chi connectivity index (χ0n) is 12.1. The molecule has 1 N–H and O–H groups in total. The number of fused-ring (bicyclic) bond motifs is 1. The van der Waals surface area contributed by atoms with Gasteiger partial charge in [-0.1, -0.05) is 6.42 Å². The van der Waals surface area contributed by atoms with Crippen LogP contribution in [-0.2, 0) is 21.4 Å². The Morgan fingerprint density at radius 3 is 2.55 bits per heavy atom. The first-order valence-electron chi connectivity index (χ1n) is 7.29. The molecular formula is C15H18N2O4S. The van der Waals surface area contributed by atoms with E-state index in [1.165, 1.54) is 4.31 Å². The molecule has 3 rings (SSSR count). The number of aliphatic carboxylic acids is 1. The van der Waals surface area contributed by atoms with Gasteiger partial charge in [0, 0.05) is 30.2 Å². The number of carboxylic acids is 1. The minimum atomic E-state index is -3.46. The summed E-state index contributed by atoms with van der Waals surface area (Å²) in [5.74, 6) is -0.928. The Hall–Kier alpha value is -1.86. The molecule has 0 bridgehead atoms. The molecule has 0 unspecified atom stereocenters. The van der Waals surface area contributed by atoms with Crippen LogP contribution in [0.15, 0.2) is 35.4 Å². The van der Waals surface area contributed by atoms with Crippen LogP contribution in [0.5, 0.6) is 0 Å². The van der Waals surface area contributed by atoms with Gasteiger partial charge in [0.05, 0.1) is 4.90 Å². The first kappa shape index (κ1) is 15.1. The van der Waals surface area contributed by atoms with Crippen LogP contribution >= 0.6 is 0 Å². The molecule has 22 heavy (non-hydrogen) atoms. The van der Waals surface area contributed by atoms with Gasteiger partial charge in [-0.3, -0.25) is 4.79 Å². The van der Waals surface area contributed by atoms with Gasteiger partial charge in [0.25, 0.3) is 0 Å². The fraction of sp³-hybridized carbons (Fsp3) is 0.400. The lowest BCUT2D eigenvalue weighted by atomic mass is 10.2. The molecule has 0 amide bonds. The fourth-order valence-electron chi connectivity index (χ4n) is 2.88. The summed E-state index contributed by atoms with van der Waals surface area (Å²) in [5.41, 5.74) is 0.722. The third-order valence-electron chi connectivity index (χ3n) is 4.00. The van der Waals surface area contributed by atoms with Crippen LogP contribution in [0, 0.1) is 0 Å². The lowest BCUT2D eigenvalue weighted by molar-refractivity contribution is -0.137. The van der Waals surface area contributed by atoms with Gasteiger partial charge in [-0.05, 0) is 37.1 Å². The van der Waals surface area contributed by atoms with Crippen LogP contribution in [-0.4, -0.2) is 41.5 Å². The summed E-state index contributed by atoms with van der Waals surface area (Å²) >= 11 is 0. The first-order valence-corrected chi connectivity index (χ1v) is 8.73. The van der Waals surface area contributed by atoms with Crippen LogP contribution in [0.3, 0.4) is 0 Å². The molecule has 0 saturated carbocycles. The molecule has 0 spiro atoms. The number of benzene rings is 1. The SMILES string of the molecule is O=C(O)Cn1ccc2cc(S(=O)(=O)N3CCCCC3)ccc21. The van der Waals surface area contributed by atoms with Crippen LogP contribution < -0.4 is 0 Å². The maximum Gasteiger partial charge on any atom is 0.323 e. The standard InChI is InChI=1S/C15H18N2O4S/c18-15(19)11-16-9-6-12-10-13(4-5-14(12)16)22(20,21)17-7-2-1-3-8-17/h4-6,9-10H,1-3,7-8,11H2,(H,18,19). The third-order valence-corrected chi connectivity index (χ3v) is 5.90. The van der Waals surface area contributed by atoms with Crippen molar-refractivity contribution in [3.63, 3.8) is 0 Å². The van der Waals surface area contributed by atoms with E-state index in [9.17, 15) is 13.2 Å². The van der Waals surface area contributed by atoms with E-state index in [-0.39, 0.29) is 11.4 Å². The summed E-state index contributed by atoms with van der Waals surface area (Å²) < 4.78 is 28.4. The zero-order chi connectivity index (χ0) is 15.7. The van der Waals surface area contributed by atoms with E-state index in [0.717, 1.165) is 30.2 Å². The minimum Gasteiger partial charge on any atom is -0.480 e. The summed E-state index contributed by atoms with van der Waals surface area (Å²) in [6.45, 7) is 1.00. The van der Waals surface area contributed by atoms with Crippen molar-refractivity contribution in [1.29, 1.82) is 0 Å². The van der Waals surface area contributed by atoms with Gasteiger partial charge in [-0.15, -0.1) is 0 Å². The van der Waals surface area contributed by atoms with Crippen molar-refractivity contribution in [1.82, 2.24) is 8.87 Å². The second-order valence-electron chi connectivity index (χ2n) is 5.52. The average Bonchev–Trinajstić information content (AvgIpc) is 2.90. The van der Waals surface area contributed by atoms with E-state index in [4.69, 9.17) is 5.11 Å². The van der Waals surface area contributed by atoms with Gasteiger partial charge in [-0.2, -0.15) is 4.31 Å². The topological polar surface area (TPSA) is 79.6 Å². The lowest BCUT2D eigenvalue weighted by Gasteiger charge is -2.25. The van der Waals surface area contributed by atoms with Crippen LogP contribution in [0.2, 0.25) is 0 Å². The normalized spacial score (nSPS) is 16.9. The molecule has 7 heteroatoms. The monoisotopic (exact) mass is 322 g/mol. The number of aromatic nitrogens is 1. The highest BCUT2D eigenvalue weighted by molar-refractivity contribution is 7.89. The largest absolute Gasteiger partial charge is 0.480 e. The maximum absolute atomic E-state index is 12.6. The molecule has 118 valence electrons. The van der Waals surface area contributed by atoms with E-state index in [1.54, 1.807) is 35.0 Å². The summed E-state index contributed by atoms with van der Waals surface area (Å²) in [5, 5.41) is 9.61. The highest BCUT2D eigenvalue weighted by Crippen LogP contribution is 2.25. The van der Waals surface area contributed by atoms with E-state index in [1.807, 2.05) is 0 Å². The maximum atomic E-state index is 12.6. The van der Waals surface area contributed by atoms with E-state index >= 15 is 0 Å². The number of hydrogen-bond acceptors (Lipinski definition) is 3. The molecule has 1 aliphatic heterocycles. The highest BCUT2D eigenvalue weighted by Gasteiger charge is 2.26. The second-order valence-corrected chi connectivity index (χ2v) is 7.46. The fourth-order valence-corrected chi connectivity index (χ4v) is 4.43. The quantitative estimate of drug-likeness (QED) is 0.932. The summed E-state index contributed by atoms with van der Waals surface area (Å²) in [7, 11) is -3.46.